The third-order valence-electron chi connectivity index (χ3n) is 4.42. The number of nitrogens with zero attached hydrogens (tertiary/aromatic N) is 2. The van der Waals surface area contributed by atoms with Crippen LogP contribution in [-0.2, 0) is 16.1 Å². The molecule has 0 bridgehead atoms. The minimum absolute atomic E-state index is 0.270. The molecule has 0 aliphatic rings. The molecule has 3 aromatic rings. The Hall–Kier alpha value is -3.87. The van der Waals surface area contributed by atoms with Gasteiger partial charge in [-0.2, -0.15) is 5.10 Å². The summed E-state index contributed by atoms with van der Waals surface area (Å²) < 4.78 is 6.85. The summed E-state index contributed by atoms with van der Waals surface area (Å²) in [6.45, 7) is 1.97. The van der Waals surface area contributed by atoms with E-state index in [-0.39, 0.29) is 11.8 Å². The second kappa shape index (κ2) is 10.1. The number of amides is 2. The number of carbonyl (C=O) groups excluding carboxylic acids is 2. The van der Waals surface area contributed by atoms with E-state index in [1.807, 2.05) is 60.8 Å². The van der Waals surface area contributed by atoms with E-state index in [4.69, 9.17) is 4.74 Å². The molecule has 154 valence electrons. The Labute approximate surface area is 175 Å². The quantitative estimate of drug-likeness (QED) is 0.566. The van der Waals surface area contributed by atoms with Gasteiger partial charge in [0.2, 0.25) is 11.8 Å². The second-order valence-electron chi connectivity index (χ2n) is 6.68. The molecular formula is C23H24N4O3. The highest BCUT2D eigenvalue weighted by molar-refractivity contribution is 5.95. The third kappa shape index (κ3) is 5.81. The fourth-order valence-corrected chi connectivity index (χ4v) is 2.73. The zero-order valence-electron chi connectivity index (χ0n) is 16.9. The fourth-order valence-electron chi connectivity index (χ4n) is 2.73. The van der Waals surface area contributed by atoms with Gasteiger partial charge in [-0.15, -0.1) is 0 Å². The van der Waals surface area contributed by atoms with Crippen molar-refractivity contribution in [2.75, 3.05) is 7.11 Å². The van der Waals surface area contributed by atoms with Crippen LogP contribution in [-0.4, -0.2) is 34.7 Å². The van der Waals surface area contributed by atoms with Gasteiger partial charge in [0.15, 0.2) is 0 Å². The van der Waals surface area contributed by atoms with Gasteiger partial charge in [-0.05, 0) is 42.8 Å². The van der Waals surface area contributed by atoms with Gasteiger partial charge in [0.1, 0.15) is 11.8 Å². The molecule has 2 N–H and O–H groups in total. The van der Waals surface area contributed by atoms with E-state index in [1.165, 1.54) is 6.08 Å². The average Bonchev–Trinajstić information content (AvgIpc) is 3.26. The summed E-state index contributed by atoms with van der Waals surface area (Å²) in [5.74, 6) is 0.134. The number of rotatable bonds is 8. The zero-order valence-corrected chi connectivity index (χ0v) is 16.9. The Morgan fingerprint density at radius 1 is 1.13 bits per heavy atom. The summed E-state index contributed by atoms with van der Waals surface area (Å²) in [7, 11) is 1.60. The molecule has 0 radical (unpaired) electrons. The molecule has 2 aromatic carbocycles. The predicted molar refractivity (Wildman–Crippen MR) is 115 cm³/mol. The Morgan fingerprint density at radius 3 is 2.57 bits per heavy atom. The number of aromatic nitrogens is 2. The maximum atomic E-state index is 12.3. The molecule has 3 rings (SSSR count). The maximum absolute atomic E-state index is 12.3. The van der Waals surface area contributed by atoms with Crippen LogP contribution in [0.4, 0.5) is 0 Å². The van der Waals surface area contributed by atoms with Gasteiger partial charge in [0, 0.05) is 24.4 Å². The van der Waals surface area contributed by atoms with Crippen LogP contribution >= 0.6 is 0 Å². The molecule has 1 unspecified atom stereocenters. The summed E-state index contributed by atoms with van der Waals surface area (Å²) in [6, 6.07) is 16.4. The van der Waals surface area contributed by atoms with E-state index in [9.17, 15) is 9.59 Å². The summed E-state index contributed by atoms with van der Waals surface area (Å²) in [6.07, 6.45) is 6.64. The first kappa shape index (κ1) is 20.9. The van der Waals surface area contributed by atoms with E-state index in [0.29, 0.717) is 6.54 Å². The average molecular weight is 404 g/mol. The Bertz CT molecular complexity index is 1010. The van der Waals surface area contributed by atoms with Crippen LogP contribution in [0.25, 0.3) is 11.8 Å². The van der Waals surface area contributed by atoms with Crippen molar-refractivity contribution >= 4 is 17.9 Å². The minimum Gasteiger partial charge on any atom is -0.497 e. The van der Waals surface area contributed by atoms with Crippen molar-refractivity contribution in [3.05, 3.63) is 84.2 Å². The molecule has 0 fully saturated rings. The van der Waals surface area contributed by atoms with Crippen molar-refractivity contribution in [1.82, 2.24) is 20.4 Å². The van der Waals surface area contributed by atoms with Gasteiger partial charge in [-0.3, -0.25) is 9.59 Å². The lowest BCUT2D eigenvalue weighted by molar-refractivity contribution is -0.126. The molecule has 0 spiro atoms. The van der Waals surface area contributed by atoms with E-state index in [1.54, 1.807) is 31.0 Å². The predicted octanol–water partition coefficient (Wildman–Crippen LogP) is 2.72. The van der Waals surface area contributed by atoms with Crippen LogP contribution in [0.3, 0.4) is 0 Å². The SMILES string of the molecule is COc1ccc(C=CC(=O)NC(C)C(=O)NCc2cnn(-c3ccccc3)c2)cc1. The van der Waals surface area contributed by atoms with E-state index in [0.717, 1.165) is 22.6 Å². The van der Waals surface area contributed by atoms with Crippen molar-refractivity contribution in [2.45, 2.75) is 19.5 Å². The monoisotopic (exact) mass is 404 g/mol. The molecular weight excluding hydrogens is 380 g/mol. The zero-order chi connectivity index (χ0) is 21.3. The van der Waals surface area contributed by atoms with Gasteiger partial charge in [0.05, 0.1) is 19.0 Å². The number of methoxy groups -OCH3 is 1. The van der Waals surface area contributed by atoms with Crippen LogP contribution in [0.1, 0.15) is 18.1 Å². The lowest BCUT2D eigenvalue weighted by Gasteiger charge is -2.12. The molecule has 1 heterocycles. The van der Waals surface area contributed by atoms with Gasteiger partial charge in [0.25, 0.3) is 0 Å². The molecule has 1 atom stereocenters. The lowest BCUT2D eigenvalue weighted by atomic mass is 10.2. The Balaban J connectivity index is 1.46. The summed E-state index contributed by atoms with van der Waals surface area (Å²) in [4.78, 5) is 24.4. The van der Waals surface area contributed by atoms with Gasteiger partial charge < -0.3 is 15.4 Å². The summed E-state index contributed by atoms with van der Waals surface area (Å²) >= 11 is 0. The number of nitrogens with one attached hydrogen (secondary N) is 2. The van der Waals surface area contributed by atoms with Crippen molar-refractivity contribution in [3.63, 3.8) is 0 Å². The standard InChI is InChI=1S/C23H24N4O3/c1-17(26-22(28)13-10-18-8-11-21(30-2)12-9-18)23(29)24-14-19-15-25-27(16-19)20-6-4-3-5-7-20/h3-13,15-17H,14H2,1-2H3,(H,24,29)(H,26,28). The van der Waals surface area contributed by atoms with Crippen LogP contribution in [0, 0.1) is 0 Å². The topological polar surface area (TPSA) is 85.2 Å². The molecule has 0 aliphatic heterocycles. The van der Waals surface area contributed by atoms with Crippen LogP contribution < -0.4 is 15.4 Å². The van der Waals surface area contributed by atoms with Crippen molar-refractivity contribution in [2.24, 2.45) is 0 Å². The molecule has 7 nitrogen and oxygen atoms in total. The number of hydrogen-bond donors (Lipinski definition) is 2. The number of carbonyl (C=O) groups is 2. The fraction of sp³-hybridized carbons (Fsp3) is 0.174. The maximum Gasteiger partial charge on any atom is 0.244 e. The Kier molecular flexibility index (Phi) is 7.00. The molecule has 30 heavy (non-hydrogen) atoms. The first-order valence-electron chi connectivity index (χ1n) is 9.54. The largest absolute Gasteiger partial charge is 0.497 e. The molecule has 0 saturated heterocycles. The van der Waals surface area contributed by atoms with Gasteiger partial charge in [-0.1, -0.05) is 30.3 Å². The first-order valence-corrected chi connectivity index (χ1v) is 9.54. The molecule has 7 heteroatoms. The normalized spacial score (nSPS) is 11.8. The van der Waals surface area contributed by atoms with Crippen LogP contribution in [0.2, 0.25) is 0 Å². The minimum atomic E-state index is -0.665. The number of para-hydroxylation sites is 1. The van der Waals surface area contributed by atoms with E-state index in [2.05, 4.69) is 15.7 Å². The molecule has 2 amide bonds. The van der Waals surface area contributed by atoms with E-state index >= 15 is 0 Å². The third-order valence-corrected chi connectivity index (χ3v) is 4.42. The van der Waals surface area contributed by atoms with Gasteiger partial charge >= 0.3 is 0 Å². The van der Waals surface area contributed by atoms with Crippen molar-refractivity contribution in [3.8, 4) is 11.4 Å². The highest BCUT2D eigenvalue weighted by Crippen LogP contribution is 2.12. The summed E-state index contributed by atoms with van der Waals surface area (Å²) in [5.41, 5.74) is 2.67. The van der Waals surface area contributed by atoms with Crippen LogP contribution in [0.15, 0.2) is 73.1 Å². The van der Waals surface area contributed by atoms with Crippen molar-refractivity contribution in [1.29, 1.82) is 0 Å². The number of hydrogen-bond acceptors (Lipinski definition) is 4. The lowest BCUT2D eigenvalue weighted by Crippen LogP contribution is -2.44. The molecule has 1 aromatic heterocycles. The Morgan fingerprint density at radius 2 is 1.87 bits per heavy atom. The molecule has 0 aliphatic carbocycles. The van der Waals surface area contributed by atoms with Gasteiger partial charge in [-0.25, -0.2) is 4.68 Å². The molecule has 0 saturated carbocycles. The van der Waals surface area contributed by atoms with Crippen molar-refractivity contribution < 1.29 is 14.3 Å². The number of benzene rings is 2. The highest BCUT2D eigenvalue weighted by atomic mass is 16.5. The van der Waals surface area contributed by atoms with Crippen LogP contribution in [0.5, 0.6) is 5.75 Å². The summed E-state index contributed by atoms with van der Waals surface area (Å²) in [5, 5.41) is 9.77. The second-order valence-corrected chi connectivity index (χ2v) is 6.68. The number of ether oxygens (including phenoxy) is 1. The van der Waals surface area contributed by atoms with E-state index < -0.39 is 6.04 Å². The highest BCUT2D eigenvalue weighted by Gasteiger charge is 2.14. The first-order chi connectivity index (χ1) is 14.5. The smallest absolute Gasteiger partial charge is 0.244 e.